The first-order valence-electron chi connectivity index (χ1n) is 11.1. The second-order valence-corrected chi connectivity index (χ2v) is 9.72. The van der Waals surface area contributed by atoms with Gasteiger partial charge in [0.15, 0.2) is 4.77 Å². The van der Waals surface area contributed by atoms with E-state index >= 15 is 0 Å². The van der Waals surface area contributed by atoms with Crippen molar-refractivity contribution >= 4 is 34.7 Å². The quantitative estimate of drug-likeness (QED) is 0.282. The average molecular weight is 488 g/mol. The highest BCUT2D eigenvalue weighted by Gasteiger charge is 2.34. The maximum Gasteiger partial charge on any atom is 0.214 e. The third-order valence-corrected chi connectivity index (χ3v) is 7.23. The highest BCUT2D eigenvalue weighted by Crippen LogP contribution is 2.44. The van der Waals surface area contributed by atoms with Crippen LogP contribution in [0.2, 0.25) is 5.02 Å². The molecule has 1 aliphatic rings. The molecule has 0 fully saturated rings. The number of hydrogen-bond donors (Lipinski definition) is 2. The van der Waals surface area contributed by atoms with E-state index in [0.717, 1.165) is 44.5 Å². The third kappa shape index (κ3) is 3.11. The van der Waals surface area contributed by atoms with Gasteiger partial charge in [0.25, 0.3) is 0 Å². The Morgan fingerprint density at radius 3 is 2.53 bits per heavy atom. The lowest BCUT2D eigenvalue weighted by atomic mass is 9.92. The van der Waals surface area contributed by atoms with Crippen LogP contribution in [0.1, 0.15) is 48.4 Å². The summed E-state index contributed by atoms with van der Waals surface area (Å²) in [7, 11) is 0. The largest absolute Gasteiger partial charge is 0.493 e. The van der Waals surface area contributed by atoms with Crippen LogP contribution in [0.3, 0.4) is 0 Å². The number of aromatic hydroxyl groups is 1. The number of imidazole rings is 1. The van der Waals surface area contributed by atoms with Crippen molar-refractivity contribution in [2.75, 3.05) is 0 Å². The number of rotatable bonds is 3. The van der Waals surface area contributed by atoms with Crippen LogP contribution in [0, 0.1) is 4.77 Å². The van der Waals surface area contributed by atoms with Crippen LogP contribution in [-0.4, -0.2) is 29.2 Å². The summed E-state index contributed by atoms with van der Waals surface area (Å²) in [5.41, 5.74) is 7.10. The fourth-order valence-electron chi connectivity index (χ4n) is 5.05. The number of aromatic amines is 1. The lowest BCUT2D eigenvalue weighted by Crippen LogP contribution is -2.21. The molecule has 0 saturated carbocycles. The van der Waals surface area contributed by atoms with Crippen LogP contribution in [-0.2, 0) is 6.42 Å². The van der Waals surface area contributed by atoms with Gasteiger partial charge in [-0.3, -0.25) is 4.57 Å². The summed E-state index contributed by atoms with van der Waals surface area (Å²) in [4.78, 5) is 11.9. The molecule has 1 atom stereocenters. The number of aromatic nitrogens is 5. The van der Waals surface area contributed by atoms with E-state index in [4.69, 9.17) is 23.8 Å². The number of hydrogen-bond acceptors (Lipinski definition) is 4. The maximum atomic E-state index is 11.2. The normalized spacial score (nSPS) is 15.0. The monoisotopic (exact) mass is 487 g/mol. The minimum absolute atomic E-state index is 0.0382. The molecule has 0 aliphatic carbocycles. The van der Waals surface area contributed by atoms with Crippen molar-refractivity contribution in [3.8, 4) is 17.0 Å². The Morgan fingerprint density at radius 1 is 1.09 bits per heavy atom. The molecule has 34 heavy (non-hydrogen) atoms. The van der Waals surface area contributed by atoms with Gasteiger partial charge in [-0.1, -0.05) is 35.9 Å². The highest BCUT2D eigenvalue weighted by atomic mass is 35.5. The Bertz CT molecular complexity index is 1600. The molecule has 0 spiro atoms. The Labute approximate surface area is 206 Å². The Hall–Kier alpha value is -3.42. The number of nitrogens with zero attached hydrogens (tertiary/aromatic N) is 4. The van der Waals surface area contributed by atoms with E-state index in [1.54, 1.807) is 12.4 Å². The van der Waals surface area contributed by atoms with E-state index in [-0.39, 0.29) is 18.0 Å². The smallest absolute Gasteiger partial charge is 0.214 e. The second-order valence-electron chi connectivity index (χ2n) is 8.92. The van der Waals surface area contributed by atoms with Gasteiger partial charge < -0.3 is 14.7 Å². The molecule has 0 radical (unpaired) electrons. The van der Waals surface area contributed by atoms with Gasteiger partial charge in [-0.2, -0.15) is 0 Å². The van der Waals surface area contributed by atoms with Crippen molar-refractivity contribution in [1.29, 1.82) is 0 Å². The van der Waals surface area contributed by atoms with E-state index in [0.29, 0.717) is 16.2 Å². The second kappa shape index (κ2) is 7.82. The van der Waals surface area contributed by atoms with E-state index in [9.17, 15) is 5.11 Å². The molecule has 6 nitrogen and oxygen atoms in total. The van der Waals surface area contributed by atoms with E-state index in [2.05, 4.69) is 43.8 Å². The van der Waals surface area contributed by atoms with Crippen molar-refractivity contribution in [2.45, 2.75) is 32.4 Å². The van der Waals surface area contributed by atoms with Crippen LogP contribution in [0.15, 0.2) is 61.2 Å². The minimum atomic E-state index is -0.204. The van der Waals surface area contributed by atoms with Crippen molar-refractivity contribution in [1.82, 2.24) is 24.1 Å². The van der Waals surface area contributed by atoms with Crippen molar-refractivity contribution in [3.63, 3.8) is 0 Å². The third-order valence-electron chi connectivity index (χ3n) is 6.60. The molecule has 8 heteroatoms. The maximum absolute atomic E-state index is 11.2. The zero-order chi connectivity index (χ0) is 23.6. The van der Waals surface area contributed by atoms with Gasteiger partial charge in [0, 0.05) is 52.0 Å². The Balaban J connectivity index is 1.59. The zero-order valence-corrected chi connectivity index (χ0v) is 20.2. The molecule has 170 valence electrons. The first-order valence-corrected chi connectivity index (χ1v) is 11.9. The fourth-order valence-corrected chi connectivity index (χ4v) is 5.73. The highest BCUT2D eigenvalue weighted by molar-refractivity contribution is 7.71. The molecule has 0 saturated heterocycles. The van der Waals surface area contributed by atoms with Gasteiger partial charge in [0.2, 0.25) is 5.88 Å². The summed E-state index contributed by atoms with van der Waals surface area (Å²) in [6, 6.07) is 14.1. The molecular formula is C26H22ClN5OS. The topological polar surface area (TPSA) is 71.7 Å². The van der Waals surface area contributed by atoms with Gasteiger partial charge in [0.1, 0.15) is 12.4 Å². The Morgan fingerprint density at radius 2 is 1.82 bits per heavy atom. The van der Waals surface area contributed by atoms with Gasteiger partial charge in [-0.25, -0.2) is 9.97 Å². The molecule has 2 N–H and O–H groups in total. The summed E-state index contributed by atoms with van der Waals surface area (Å²) >= 11 is 12.3. The van der Waals surface area contributed by atoms with Crippen LogP contribution in [0.25, 0.3) is 22.0 Å². The lowest BCUT2D eigenvalue weighted by molar-refractivity contribution is 0.394. The number of benzene rings is 2. The number of H-pyrrole nitrogens is 1. The van der Waals surface area contributed by atoms with Crippen molar-refractivity contribution in [3.05, 3.63) is 93.5 Å². The van der Waals surface area contributed by atoms with Gasteiger partial charge in [-0.15, -0.1) is 0 Å². The standard InChI is InChI=1S/C26H22ClN5OS/c1-14(2)31-25(33)22-10-20-19-9-18(27)7-8-21(19)30-23(20)24(32(22)26(31)34)16-5-3-15(4-6-16)17-11-28-13-29-12-17/h3-9,11-14,24,30,33H,10H2,1-2H3. The van der Waals surface area contributed by atoms with Gasteiger partial charge in [0.05, 0.1) is 5.69 Å². The predicted octanol–water partition coefficient (Wildman–Crippen LogP) is 6.44. The van der Waals surface area contributed by atoms with Crippen molar-refractivity contribution in [2.24, 2.45) is 0 Å². The SMILES string of the molecule is CC(C)n1c(O)c2n(c1=S)C(c1ccc(-c3cncnc3)cc1)c1[nH]c3ccc(Cl)cc3c1C2. The van der Waals surface area contributed by atoms with Crippen molar-refractivity contribution < 1.29 is 5.11 Å². The number of halogens is 1. The van der Waals surface area contributed by atoms with Crippen LogP contribution < -0.4 is 0 Å². The van der Waals surface area contributed by atoms with Crippen LogP contribution in [0.4, 0.5) is 0 Å². The molecule has 1 unspecified atom stereocenters. The first-order chi connectivity index (χ1) is 16.4. The average Bonchev–Trinajstić information content (AvgIpc) is 3.32. The lowest BCUT2D eigenvalue weighted by Gasteiger charge is -2.27. The van der Waals surface area contributed by atoms with E-state index < -0.39 is 0 Å². The Kier molecular flexibility index (Phi) is 4.86. The summed E-state index contributed by atoms with van der Waals surface area (Å²) in [5.74, 6) is 0.227. The molecule has 5 aromatic rings. The van der Waals surface area contributed by atoms with E-state index in [1.807, 2.05) is 36.6 Å². The molecule has 2 aromatic carbocycles. The summed E-state index contributed by atoms with van der Waals surface area (Å²) in [5, 5.41) is 13.0. The van der Waals surface area contributed by atoms with Crippen LogP contribution in [0.5, 0.6) is 5.88 Å². The summed E-state index contributed by atoms with van der Waals surface area (Å²) < 4.78 is 4.52. The molecule has 3 aromatic heterocycles. The first kappa shape index (κ1) is 21.1. The minimum Gasteiger partial charge on any atom is -0.493 e. The molecular weight excluding hydrogens is 466 g/mol. The number of fused-ring (bicyclic) bond motifs is 4. The molecule has 0 bridgehead atoms. The van der Waals surface area contributed by atoms with E-state index in [1.165, 1.54) is 6.33 Å². The number of nitrogens with one attached hydrogen (secondary N) is 1. The molecule has 4 heterocycles. The molecule has 0 amide bonds. The molecule has 6 rings (SSSR count). The predicted molar refractivity (Wildman–Crippen MR) is 136 cm³/mol. The summed E-state index contributed by atoms with van der Waals surface area (Å²) in [6.45, 7) is 4.06. The van der Waals surface area contributed by atoms with Gasteiger partial charge in [-0.05, 0) is 61.0 Å². The summed E-state index contributed by atoms with van der Waals surface area (Å²) in [6.07, 6.45) is 5.70. The zero-order valence-electron chi connectivity index (χ0n) is 18.7. The van der Waals surface area contributed by atoms with Gasteiger partial charge >= 0.3 is 0 Å². The molecule has 1 aliphatic heterocycles. The van der Waals surface area contributed by atoms with Crippen LogP contribution >= 0.6 is 23.8 Å². The fraction of sp³-hybridized carbons (Fsp3) is 0.192.